The first-order chi connectivity index (χ1) is 8.04. The van der Waals surface area contributed by atoms with Crippen LogP contribution in [0.25, 0.3) is 0 Å². The van der Waals surface area contributed by atoms with Gasteiger partial charge in [-0.1, -0.05) is 0 Å². The number of carbonyl (C=O) groups is 2. The third kappa shape index (κ3) is 3.57. The first kappa shape index (κ1) is 12.6. The topological polar surface area (TPSA) is 79.3 Å². The molecule has 0 fully saturated rings. The smallest absolute Gasteiger partial charge is 0.327 e. The number of nitrogens with zero attached hydrogens (tertiary/aromatic N) is 1. The minimum Gasteiger partial charge on any atom is -0.480 e. The molecule has 1 rings (SSSR count). The number of carbonyl (C=O) groups excluding carboxylic acids is 1. The molecule has 88 valence electrons. The van der Waals surface area contributed by atoms with Crippen LogP contribution in [0.15, 0.2) is 18.3 Å². The summed E-state index contributed by atoms with van der Waals surface area (Å²) in [7, 11) is 0. The zero-order chi connectivity index (χ0) is 12.8. The summed E-state index contributed by atoms with van der Waals surface area (Å²) in [5.41, 5.74) is -0.0744. The molecule has 0 spiro atoms. The minimum atomic E-state index is -1.24. The predicted molar refractivity (Wildman–Crippen MR) is 56.5 cm³/mol. The summed E-state index contributed by atoms with van der Waals surface area (Å²) >= 11 is 0. The Labute approximate surface area is 96.7 Å². The standard InChI is InChI=1S/C11H9FN2O3/c1-2-3-9(11(16)17)14-10(15)8-5-4-7(12)6-13-8/h1,4-6,9H,3H2,(H,14,15)(H,16,17). The van der Waals surface area contributed by atoms with E-state index in [1.165, 1.54) is 0 Å². The van der Waals surface area contributed by atoms with Gasteiger partial charge in [0.1, 0.15) is 17.6 Å². The van der Waals surface area contributed by atoms with Crippen LogP contribution in [0.1, 0.15) is 16.9 Å². The molecule has 5 nitrogen and oxygen atoms in total. The number of nitrogens with one attached hydrogen (secondary N) is 1. The van der Waals surface area contributed by atoms with Gasteiger partial charge in [-0.3, -0.25) is 4.79 Å². The molecule has 0 aromatic carbocycles. The van der Waals surface area contributed by atoms with Gasteiger partial charge in [0.25, 0.3) is 5.91 Å². The number of pyridine rings is 1. The van der Waals surface area contributed by atoms with E-state index < -0.39 is 23.7 Å². The normalized spacial score (nSPS) is 11.3. The molecule has 0 aliphatic carbocycles. The van der Waals surface area contributed by atoms with E-state index in [4.69, 9.17) is 11.5 Å². The lowest BCUT2D eigenvalue weighted by Gasteiger charge is -2.10. The minimum absolute atomic E-state index is 0.0744. The number of aliphatic carboxylic acids is 1. The molecule has 1 unspecified atom stereocenters. The van der Waals surface area contributed by atoms with Gasteiger partial charge in [-0.15, -0.1) is 12.3 Å². The summed E-state index contributed by atoms with van der Waals surface area (Å²) < 4.78 is 12.5. The van der Waals surface area contributed by atoms with Crippen LogP contribution >= 0.6 is 0 Å². The zero-order valence-corrected chi connectivity index (χ0v) is 8.68. The highest BCUT2D eigenvalue weighted by Crippen LogP contribution is 2.00. The third-order valence-corrected chi connectivity index (χ3v) is 1.89. The fourth-order valence-corrected chi connectivity index (χ4v) is 1.06. The summed E-state index contributed by atoms with van der Waals surface area (Å²) in [5, 5.41) is 10.9. The molecule has 0 bridgehead atoms. The molecular formula is C11H9FN2O3. The number of hydrogen-bond donors (Lipinski definition) is 2. The zero-order valence-electron chi connectivity index (χ0n) is 8.68. The Bertz CT molecular complexity index is 465. The monoisotopic (exact) mass is 236 g/mol. The lowest BCUT2D eigenvalue weighted by molar-refractivity contribution is -0.139. The van der Waals surface area contributed by atoms with Crippen molar-refractivity contribution in [1.82, 2.24) is 10.3 Å². The van der Waals surface area contributed by atoms with E-state index in [9.17, 15) is 14.0 Å². The largest absolute Gasteiger partial charge is 0.480 e. The Morgan fingerprint density at radius 1 is 1.59 bits per heavy atom. The first-order valence-corrected chi connectivity index (χ1v) is 4.63. The molecule has 0 radical (unpaired) electrons. The van der Waals surface area contributed by atoms with Crippen molar-refractivity contribution < 1.29 is 19.1 Å². The van der Waals surface area contributed by atoms with Gasteiger partial charge in [0, 0.05) is 6.42 Å². The number of rotatable bonds is 4. The Balaban J connectivity index is 2.74. The Hall–Kier alpha value is -2.42. The Morgan fingerprint density at radius 2 is 2.29 bits per heavy atom. The van der Waals surface area contributed by atoms with Gasteiger partial charge in [0.15, 0.2) is 0 Å². The highest BCUT2D eigenvalue weighted by molar-refractivity contribution is 5.94. The molecule has 1 amide bonds. The van der Waals surface area contributed by atoms with E-state index >= 15 is 0 Å². The number of aromatic nitrogens is 1. The fraction of sp³-hybridized carbons (Fsp3) is 0.182. The van der Waals surface area contributed by atoms with Gasteiger partial charge in [-0.05, 0) is 12.1 Å². The first-order valence-electron chi connectivity index (χ1n) is 4.63. The van der Waals surface area contributed by atoms with Crippen LogP contribution < -0.4 is 5.32 Å². The molecule has 1 aromatic heterocycles. The summed E-state index contributed by atoms with van der Waals surface area (Å²) in [6.07, 6.45) is 5.70. The van der Waals surface area contributed by atoms with E-state index in [1.807, 2.05) is 0 Å². The summed E-state index contributed by atoms with van der Waals surface area (Å²) in [6, 6.07) is 1.03. The van der Waals surface area contributed by atoms with Crippen LogP contribution in [0.3, 0.4) is 0 Å². The Morgan fingerprint density at radius 3 is 2.76 bits per heavy atom. The van der Waals surface area contributed by atoms with Crippen molar-refractivity contribution in [2.75, 3.05) is 0 Å². The number of amides is 1. The van der Waals surface area contributed by atoms with E-state index in [1.54, 1.807) is 0 Å². The van der Waals surface area contributed by atoms with Crippen LogP contribution in [-0.4, -0.2) is 28.0 Å². The number of hydrogen-bond acceptors (Lipinski definition) is 3. The van der Waals surface area contributed by atoms with Crippen LogP contribution in [0, 0.1) is 18.2 Å². The molecule has 0 saturated heterocycles. The van der Waals surface area contributed by atoms with E-state index in [0.29, 0.717) is 0 Å². The lowest BCUT2D eigenvalue weighted by atomic mass is 10.2. The van der Waals surface area contributed by atoms with Gasteiger partial charge < -0.3 is 10.4 Å². The van der Waals surface area contributed by atoms with Crippen molar-refractivity contribution in [1.29, 1.82) is 0 Å². The van der Waals surface area contributed by atoms with Crippen LogP contribution in [0.2, 0.25) is 0 Å². The predicted octanol–water partition coefficient (Wildman–Crippen LogP) is 0.427. The second kappa shape index (κ2) is 5.61. The number of terminal acetylenes is 1. The van der Waals surface area contributed by atoms with E-state index in [0.717, 1.165) is 18.3 Å². The second-order valence-corrected chi connectivity index (χ2v) is 3.13. The van der Waals surface area contributed by atoms with E-state index in [-0.39, 0.29) is 12.1 Å². The van der Waals surface area contributed by atoms with Crippen molar-refractivity contribution in [3.63, 3.8) is 0 Å². The molecule has 6 heteroatoms. The maximum atomic E-state index is 12.5. The van der Waals surface area contributed by atoms with Crippen molar-refractivity contribution in [2.45, 2.75) is 12.5 Å². The number of carboxylic acids is 1. The lowest BCUT2D eigenvalue weighted by Crippen LogP contribution is -2.40. The maximum absolute atomic E-state index is 12.5. The molecule has 1 atom stereocenters. The Kier molecular flexibility index (Phi) is 4.17. The van der Waals surface area contributed by atoms with E-state index in [2.05, 4.69) is 16.2 Å². The molecule has 0 saturated carbocycles. The van der Waals surface area contributed by atoms with Gasteiger partial charge in [0.2, 0.25) is 0 Å². The van der Waals surface area contributed by atoms with Gasteiger partial charge >= 0.3 is 5.97 Å². The maximum Gasteiger partial charge on any atom is 0.327 e. The van der Waals surface area contributed by atoms with Crippen molar-refractivity contribution in [3.8, 4) is 12.3 Å². The highest BCUT2D eigenvalue weighted by atomic mass is 19.1. The van der Waals surface area contributed by atoms with Crippen LogP contribution in [0.5, 0.6) is 0 Å². The van der Waals surface area contributed by atoms with Crippen LogP contribution in [-0.2, 0) is 4.79 Å². The van der Waals surface area contributed by atoms with Crippen LogP contribution in [0.4, 0.5) is 4.39 Å². The van der Waals surface area contributed by atoms with Crippen molar-refractivity contribution in [3.05, 3.63) is 29.8 Å². The third-order valence-electron chi connectivity index (χ3n) is 1.89. The summed E-state index contributed by atoms with van der Waals surface area (Å²) in [6.45, 7) is 0. The molecule has 1 aromatic rings. The average Bonchev–Trinajstić information content (AvgIpc) is 2.29. The average molecular weight is 236 g/mol. The highest BCUT2D eigenvalue weighted by Gasteiger charge is 2.20. The number of carboxylic acid groups (broad SMARTS) is 1. The SMILES string of the molecule is C#CCC(NC(=O)c1ccc(F)cn1)C(=O)O. The molecular weight excluding hydrogens is 227 g/mol. The van der Waals surface area contributed by atoms with Gasteiger partial charge in [-0.25, -0.2) is 14.2 Å². The molecule has 17 heavy (non-hydrogen) atoms. The molecule has 1 heterocycles. The number of halogens is 1. The molecule has 2 N–H and O–H groups in total. The van der Waals surface area contributed by atoms with Gasteiger partial charge in [0.05, 0.1) is 6.20 Å². The van der Waals surface area contributed by atoms with Crippen molar-refractivity contribution in [2.24, 2.45) is 0 Å². The quantitative estimate of drug-likeness (QED) is 0.743. The molecule has 0 aliphatic rings. The fourth-order valence-electron chi connectivity index (χ4n) is 1.06. The van der Waals surface area contributed by atoms with Gasteiger partial charge in [-0.2, -0.15) is 0 Å². The summed E-state index contributed by atoms with van der Waals surface area (Å²) in [5.74, 6) is -0.397. The molecule has 0 aliphatic heterocycles. The van der Waals surface area contributed by atoms with Crippen molar-refractivity contribution >= 4 is 11.9 Å². The summed E-state index contributed by atoms with van der Waals surface area (Å²) in [4.78, 5) is 25.8. The second-order valence-electron chi connectivity index (χ2n) is 3.13.